The Morgan fingerprint density at radius 2 is 2.09 bits per heavy atom. The summed E-state index contributed by atoms with van der Waals surface area (Å²) in [5.74, 6) is -0.456. The first-order valence-electron chi connectivity index (χ1n) is 2.22. The molecule has 0 saturated carbocycles. The number of amides is 1. The fourth-order valence-corrected chi connectivity index (χ4v) is 1.26. The molecule has 0 spiro atoms. The standard InChI is InChI=1S/C2H7NO5PS2/c3-2(4)8-1-11(10)9(5,6)7/h5-7H,1H2,(H2,3,4)/q-1. The van der Waals surface area contributed by atoms with Crippen LogP contribution in [0.25, 0.3) is 0 Å². The average molecular weight is 220 g/mol. The first kappa shape index (κ1) is 11.2. The van der Waals surface area contributed by atoms with Crippen molar-refractivity contribution in [3.63, 3.8) is 0 Å². The van der Waals surface area contributed by atoms with E-state index in [1.165, 1.54) is 0 Å². The average Bonchev–Trinajstić information content (AvgIpc) is 1.80. The maximum Gasteiger partial charge on any atom is 0.402 e. The van der Waals surface area contributed by atoms with E-state index in [-0.39, 0.29) is 0 Å². The minimum Gasteiger partial charge on any atom is -0.471 e. The summed E-state index contributed by atoms with van der Waals surface area (Å²) in [6.45, 7) is -4.05. The van der Waals surface area contributed by atoms with Crippen molar-refractivity contribution < 1.29 is 24.2 Å². The molecular formula is C2H7NO5PS2-. The fourth-order valence-electron chi connectivity index (χ4n) is 0.179. The van der Waals surface area contributed by atoms with Crippen LogP contribution < -0.4 is 5.73 Å². The Hall–Kier alpha value is 0.150. The van der Waals surface area contributed by atoms with Crippen LogP contribution in [-0.4, -0.2) is 26.7 Å². The summed E-state index contributed by atoms with van der Waals surface area (Å²) in [5, 5.41) is 0. The number of carbonyl (C=O) groups is 1. The van der Waals surface area contributed by atoms with Crippen LogP contribution >= 0.6 is 6.72 Å². The van der Waals surface area contributed by atoms with Gasteiger partial charge in [0.15, 0.2) is 0 Å². The van der Waals surface area contributed by atoms with Crippen molar-refractivity contribution in [2.75, 3.05) is 5.94 Å². The van der Waals surface area contributed by atoms with Gasteiger partial charge in [-0.25, -0.2) is 4.79 Å². The van der Waals surface area contributed by atoms with Crippen molar-refractivity contribution in [1.29, 1.82) is 0 Å². The number of carbonyl (C=O) groups excluding carboxylic acids is 1. The van der Waals surface area contributed by atoms with E-state index >= 15 is 0 Å². The Morgan fingerprint density at radius 3 is 2.36 bits per heavy atom. The molecule has 0 radical (unpaired) electrons. The molecule has 6 nitrogen and oxygen atoms in total. The number of primary amides is 1. The van der Waals surface area contributed by atoms with Gasteiger partial charge in [0.05, 0.1) is 0 Å². The van der Waals surface area contributed by atoms with Crippen molar-refractivity contribution in [2.24, 2.45) is 5.73 Å². The van der Waals surface area contributed by atoms with Gasteiger partial charge in [-0.3, -0.25) is 19.8 Å². The van der Waals surface area contributed by atoms with Gasteiger partial charge in [-0.1, -0.05) is 0 Å². The zero-order chi connectivity index (χ0) is 9.07. The second-order valence-electron chi connectivity index (χ2n) is 1.42. The molecule has 0 aliphatic carbocycles. The smallest absolute Gasteiger partial charge is 0.402 e. The van der Waals surface area contributed by atoms with Crippen LogP contribution in [0.2, 0.25) is 0 Å². The molecule has 9 heteroatoms. The minimum absolute atomic E-state index is 0.456. The van der Waals surface area contributed by atoms with E-state index in [1.54, 1.807) is 0 Å². The largest absolute Gasteiger partial charge is 0.471 e. The molecule has 11 heavy (non-hydrogen) atoms. The number of nitrogens with two attached hydrogens (primary N) is 1. The molecule has 68 valence electrons. The van der Waals surface area contributed by atoms with Gasteiger partial charge in [-0.15, -0.1) is 0 Å². The molecule has 0 rings (SSSR count). The molecule has 0 fully saturated rings. The predicted octanol–water partition coefficient (Wildman–Crippen LogP) is -1.23. The number of ether oxygens (including phenoxy) is 1. The third-order valence-corrected chi connectivity index (χ3v) is 5.49. The lowest BCUT2D eigenvalue weighted by Crippen LogP contribution is -2.14. The van der Waals surface area contributed by atoms with Crippen molar-refractivity contribution in [3.05, 3.63) is 0 Å². The molecule has 0 aromatic rings. The number of hydrogen-bond acceptors (Lipinski definition) is 4. The first-order chi connectivity index (χ1) is 4.84. The fraction of sp³-hybridized carbons (Fsp3) is 0.500. The van der Waals surface area contributed by atoms with E-state index in [0.29, 0.717) is 0 Å². The maximum atomic E-state index is 9.96. The summed E-state index contributed by atoms with van der Waals surface area (Å²) in [7, 11) is -1.57. The van der Waals surface area contributed by atoms with E-state index in [4.69, 9.17) is 14.7 Å². The molecule has 0 aromatic heterocycles. The van der Waals surface area contributed by atoms with Gasteiger partial charge in [0.25, 0.3) is 0 Å². The highest BCUT2D eigenvalue weighted by Crippen LogP contribution is 2.32. The monoisotopic (exact) mass is 220 g/mol. The molecule has 0 saturated heterocycles. The van der Waals surface area contributed by atoms with E-state index in [2.05, 4.69) is 21.7 Å². The van der Waals surface area contributed by atoms with Gasteiger partial charge in [0, 0.05) is 5.94 Å². The lowest BCUT2D eigenvalue weighted by molar-refractivity contribution is 0.177. The van der Waals surface area contributed by atoms with Crippen LogP contribution in [0, 0.1) is 0 Å². The van der Waals surface area contributed by atoms with Crippen molar-refractivity contribution >= 4 is 32.6 Å². The van der Waals surface area contributed by atoms with Crippen LogP contribution in [0.1, 0.15) is 0 Å². The topological polar surface area (TPSA) is 113 Å². The van der Waals surface area contributed by atoms with Crippen LogP contribution in [0.4, 0.5) is 4.79 Å². The first-order valence-corrected chi connectivity index (χ1v) is 6.79. The minimum atomic E-state index is -4.05. The Bertz CT molecular complexity index is 243. The van der Waals surface area contributed by atoms with E-state index in [0.717, 1.165) is 0 Å². The molecule has 0 bridgehead atoms. The molecule has 0 unspecified atom stereocenters. The highest BCUT2D eigenvalue weighted by molar-refractivity contribution is 8.45. The van der Waals surface area contributed by atoms with E-state index < -0.39 is 27.4 Å². The van der Waals surface area contributed by atoms with E-state index in [1.807, 2.05) is 0 Å². The molecule has 0 heterocycles. The van der Waals surface area contributed by atoms with Gasteiger partial charge in [0.2, 0.25) is 0 Å². The Labute approximate surface area is 69.0 Å². The molecule has 0 aliphatic rings. The Balaban J connectivity index is 4.22. The Kier molecular flexibility index (Phi) is 4.30. The highest BCUT2D eigenvalue weighted by Gasteiger charge is 1.93. The van der Waals surface area contributed by atoms with Crippen LogP contribution in [0.5, 0.6) is 0 Å². The summed E-state index contributed by atoms with van der Waals surface area (Å²) in [6, 6.07) is 0. The van der Waals surface area contributed by atoms with Gasteiger partial charge in [0.1, 0.15) is 6.72 Å². The van der Waals surface area contributed by atoms with Gasteiger partial charge in [-0.2, -0.15) is 0 Å². The molecule has 1 amide bonds. The SMILES string of the molecule is NC(=O)OC[S-](=S)=P(O)(O)O. The van der Waals surface area contributed by atoms with Gasteiger partial charge >= 0.3 is 6.09 Å². The highest BCUT2D eigenvalue weighted by atomic mass is 33.0. The summed E-state index contributed by atoms with van der Waals surface area (Å²) >= 11 is 4.39. The second kappa shape index (κ2) is 4.24. The summed E-state index contributed by atoms with van der Waals surface area (Å²) < 4.78 is 4.12. The lowest BCUT2D eigenvalue weighted by Gasteiger charge is -2.15. The normalized spacial score (nSPS) is 11.6. The molecule has 0 aromatic carbocycles. The summed E-state index contributed by atoms with van der Waals surface area (Å²) in [6.07, 6.45) is -1.07. The second-order valence-corrected chi connectivity index (χ2v) is 8.06. The van der Waals surface area contributed by atoms with Gasteiger partial charge in [-0.05, 0) is 0 Å². The lowest BCUT2D eigenvalue weighted by atomic mass is 11.2. The Morgan fingerprint density at radius 1 is 1.64 bits per heavy atom. The van der Waals surface area contributed by atoms with Gasteiger partial charge < -0.3 is 25.2 Å². The predicted molar refractivity (Wildman–Crippen MR) is 43.8 cm³/mol. The quantitative estimate of drug-likeness (QED) is 0.342. The third-order valence-electron chi connectivity index (χ3n) is 0.575. The van der Waals surface area contributed by atoms with Crippen molar-refractivity contribution in [3.8, 4) is 0 Å². The third kappa shape index (κ3) is 5.42. The number of rotatable bonds is 2. The number of hydrogen-bond donors (Lipinski definition) is 4. The maximum absolute atomic E-state index is 9.96. The molecular weight excluding hydrogens is 213 g/mol. The zero-order valence-electron chi connectivity index (χ0n) is 5.21. The van der Waals surface area contributed by atoms with Crippen LogP contribution in [0.15, 0.2) is 0 Å². The molecule has 0 aliphatic heterocycles. The van der Waals surface area contributed by atoms with Crippen LogP contribution in [-0.2, 0) is 24.6 Å². The van der Waals surface area contributed by atoms with Crippen molar-refractivity contribution in [2.45, 2.75) is 0 Å². The van der Waals surface area contributed by atoms with Crippen LogP contribution in [0.3, 0.4) is 0 Å². The summed E-state index contributed by atoms with van der Waals surface area (Å²) in [5.41, 5.74) is 4.55. The molecule has 0 atom stereocenters. The summed E-state index contributed by atoms with van der Waals surface area (Å²) in [4.78, 5) is 35.4. The zero-order valence-corrected chi connectivity index (χ0v) is 7.73. The van der Waals surface area contributed by atoms with Crippen molar-refractivity contribution in [1.82, 2.24) is 0 Å². The molecule has 5 N–H and O–H groups in total. The van der Waals surface area contributed by atoms with E-state index in [9.17, 15) is 4.79 Å².